The molecule has 2 nitrogen and oxygen atoms in total. The maximum Gasteiger partial charge on any atom is 0.150 e. The van der Waals surface area contributed by atoms with E-state index in [-0.39, 0.29) is 5.75 Å². The minimum atomic E-state index is -2.76. The number of rotatable bonds is 5. The first-order valence-corrected chi connectivity index (χ1v) is 5.44. The Morgan fingerprint density at radius 2 is 1.90 bits per heavy atom. The summed E-state index contributed by atoms with van der Waals surface area (Å²) in [5.41, 5.74) is 0. The normalized spacial score (nSPS) is 11.8. The molecule has 0 saturated carbocycles. The predicted molar refractivity (Wildman–Crippen MR) is 43.5 cm³/mol. The second-order valence-corrected chi connectivity index (χ2v) is 4.66. The van der Waals surface area contributed by atoms with Crippen LogP contribution in [-0.4, -0.2) is 19.9 Å². The van der Waals surface area contributed by atoms with Gasteiger partial charge in [0.05, 0.1) is 11.5 Å². The van der Waals surface area contributed by atoms with Gasteiger partial charge in [0, 0.05) is 0 Å². The van der Waals surface area contributed by atoms with Gasteiger partial charge in [-0.15, -0.1) is 0 Å². The van der Waals surface area contributed by atoms with Gasteiger partial charge in [0.15, 0.2) is 0 Å². The fourth-order valence-electron chi connectivity index (χ4n) is 0.686. The van der Waals surface area contributed by atoms with E-state index < -0.39 is 9.84 Å². The quantitative estimate of drug-likeness (QED) is 0.614. The third-order valence-corrected chi connectivity index (χ3v) is 3.09. The van der Waals surface area contributed by atoms with Gasteiger partial charge in [-0.05, 0) is 12.8 Å². The average Bonchev–Trinajstić information content (AvgIpc) is 1.84. The lowest BCUT2D eigenvalue weighted by Gasteiger charge is -1.98. The highest BCUT2D eigenvalue weighted by Crippen LogP contribution is 1.97. The zero-order valence-corrected chi connectivity index (χ0v) is 7.28. The summed E-state index contributed by atoms with van der Waals surface area (Å²) >= 11 is 0. The van der Waals surface area contributed by atoms with Gasteiger partial charge in [-0.3, -0.25) is 0 Å². The van der Waals surface area contributed by atoms with Gasteiger partial charge in [0.1, 0.15) is 9.84 Å². The van der Waals surface area contributed by atoms with E-state index >= 15 is 0 Å². The van der Waals surface area contributed by atoms with Gasteiger partial charge in [-0.2, -0.15) is 0 Å². The van der Waals surface area contributed by atoms with Gasteiger partial charge >= 0.3 is 0 Å². The monoisotopic (exact) mass is 163 g/mol. The summed E-state index contributed by atoms with van der Waals surface area (Å²) in [5.74, 6) is 0.575. The first-order chi connectivity index (χ1) is 4.62. The number of hydrogen-bond donors (Lipinski definition) is 0. The first kappa shape index (κ1) is 9.95. The van der Waals surface area contributed by atoms with Crippen molar-refractivity contribution >= 4 is 9.84 Å². The van der Waals surface area contributed by atoms with E-state index in [9.17, 15) is 8.42 Å². The zero-order chi connectivity index (χ0) is 8.04. The minimum Gasteiger partial charge on any atom is -0.229 e. The van der Waals surface area contributed by atoms with Crippen molar-refractivity contribution < 1.29 is 8.42 Å². The Morgan fingerprint density at radius 3 is 2.30 bits per heavy atom. The second-order valence-electron chi connectivity index (χ2n) is 2.36. The lowest BCUT2D eigenvalue weighted by atomic mass is 10.4. The largest absolute Gasteiger partial charge is 0.229 e. The van der Waals surface area contributed by atoms with E-state index in [1.165, 1.54) is 0 Å². The molecule has 0 spiro atoms. The molecule has 0 bridgehead atoms. The maximum absolute atomic E-state index is 10.9. The van der Waals surface area contributed by atoms with Crippen molar-refractivity contribution in [2.24, 2.45) is 0 Å². The summed E-state index contributed by atoms with van der Waals surface area (Å²) in [6, 6.07) is 0. The standard InChI is InChI=1S/C7H15O2S/c1-3-5-7-10(8,9)6-4-2/h2-7H2,1H3. The van der Waals surface area contributed by atoms with Crippen LogP contribution in [-0.2, 0) is 9.84 Å². The molecule has 0 amide bonds. The molecule has 0 aromatic carbocycles. The molecule has 0 saturated heterocycles. The second kappa shape index (κ2) is 4.72. The van der Waals surface area contributed by atoms with Crippen LogP contribution in [0, 0.1) is 6.92 Å². The van der Waals surface area contributed by atoms with E-state index in [1.54, 1.807) is 0 Å². The molecule has 0 aromatic rings. The summed E-state index contributed by atoms with van der Waals surface area (Å²) in [6.45, 7) is 5.49. The first-order valence-electron chi connectivity index (χ1n) is 3.62. The molecule has 0 aromatic heterocycles. The molecule has 0 rings (SSSR count). The van der Waals surface area contributed by atoms with E-state index in [1.807, 2.05) is 6.92 Å². The predicted octanol–water partition coefficient (Wildman–Crippen LogP) is 1.43. The fourth-order valence-corrected chi connectivity index (χ4v) is 2.06. The topological polar surface area (TPSA) is 34.1 Å². The van der Waals surface area contributed by atoms with E-state index in [4.69, 9.17) is 0 Å². The van der Waals surface area contributed by atoms with Crippen molar-refractivity contribution in [1.82, 2.24) is 0 Å². The average molecular weight is 163 g/mol. The van der Waals surface area contributed by atoms with E-state index in [0.717, 1.165) is 12.8 Å². The number of hydrogen-bond acceptors (Lipinski definition) is 2. The molecule has 1 radical (unpaired) electrons. The number of unbranched alkanes of at least 4 members (excludes halogenated alkanes) is 1. The molecule has 10 heavy (non-hydrogen) atoms. The fraction of sp³-hybridized carbons (Fsp3) is 0.857. The van der Waals surface area contributed by atoms with Crippen LogP contribution in [0.2, 0.25) is 0 Å². The SMILES string of the molecule is [CH2]CCS(=O)(=O)CCCC. The third-order valence-electron chi connectivity index (χ3n) is 1.26. The van der Waals surface area contributed by atoms with Crippen molar-refractivity contribution in [2.75, 3.05) is 11.5 Å². The highest BCUT2D eigenvalue weighted by atomic mass is 32.2. The van der Waals surface area contributed by atoms with E-state index in [0.29, 0.717) is 12.2 Å². The van der Waals surface area contributed by atoms with Crippen LogP contribution in [0.25, 0.3) is 0 Å². The summed E-state index contributed by atoms with van der Waals surface area (Å²) in [4.78, 5) is 0. The van der Waals surface area contributed by atoms with Crippen LogP contribution in [0.4, 0.5) is 0 Å². The Kier molecular flexibility index (Phi) is 4.69. The van der Waals surface area contributed by atoms with Crippen molar-refractivity contribution in [3.05, 3.63) is 6.92 Å². The Hall–Kier alpha value is -0.0500. The molecule has 0 fully saturated rings. The Morgan fingerprint density at radius 1 is 1.30 bits per heavy atom. The summed E-state index contributed by atoms with van der Waals surface area (Å²) in [6.07, 6.45) is 2.21. The van der Waals surface area contributed by atoms with Crippen LogP contribution >= 0.6 is 0 Å². The molecular weight excluding hydrogens is 148 g/mol. The highest BCUT2D eigenvalue weighted by molar-refractivity contribution is 7.91. The Bertz CT molecular complexity index is 158. The highest BCUT2D eigenvalue weighted by Gasteiger charge is 2.06. The van der Waals surface area contributed by atoms with Crippen LogP contribution in [0.15, 0.2) is 0 Å². The molecule has 0 unspecified atom stereocenters. The maximum atomic E-state index is 10.9. The van der Waals surface area contributed by atoms with Gasteiger partial charge in [0.2, 0.25) is 0 Å². The molecule has 61 valence electrons. The molecule has 0 atom stereocenters. The lowest BCUT2D eigenvalue weighted by molar-refractivity contribution is 0.592. The van der Waals surface area contributed by atoms with Crippen molar-refractivity contribution in [2.45, 2.75) is 26.2 Å². The van der Waals surface area contributed by atoms with Crippen molar-refractivity contribution in [1.29, 1.82) is 0 Å². The van der Waals surface area contributed by atoms with Crippen molar-refractivity contribution in [3.63, 3.8) is 0 Å². The number of sulfone groups is 1. The molecule has 3 heteroatoms. The molecule has 0 aliphatic carbocycles. The van der Waals surface area contributed by atoms with Crippen LogP contribution in [0.1, 0.15) is 26.2 Å². The van der Waals surface area contributed by atoms with Crippen LogP contribution in [0.5, 0.6) is 0 Å². The zero-order valence-electron chi connectivity index (χ0n) is 6.47. The van der Waals surface area contributed by atoms with Crippen LogP contribution < -0.4 is 0 Å². The van der Waals surface area contributed by atoms with E-state index in [2.05, 4.69) is 6.92 Å². The summed E-state index contributed by atoms with van der Waals surface area (Å²) in [5, 5.41) is 0. The minimum absolute atomic E-state index is 0.243. The van der Waals surface area contributed by atoms with Crippen LogP contribution in [0.3, 0.4) is 0 Å². The molecule has 0 aliphatic heterocycles. The van der Waals surface area contributed by atoms with Gasteiger partial charge < -0.3 is 0 Å². The molecule has 0 N–H and O–H groups in total. The van der Waals surface area contributed by atoms with Gasteiger partial charge in [0.25, 0.3) is 0 Å². The van der Waals surface area contributed by atoms with Gasteiger partial charge in [-0.1, -0.05) is 20.3 Å². The molecular formula is C7H15O2S. The molecule has 0 aliphatic rings. The Balaban J connectivity index is 3.65. The summed E-state index contributed by atoms with van der Waals surface area (Å²) in [7, 11) is -2.76. The smallest absolute Gasteiger partial charge is 0.150 e. The lowest BCUT2D eigenvalue weighted by Crippen LogP contribution is -2.09. The van der Waals surface area contributed by atoms with Gasteiger partial charge in [-0.25, -0.2) is 8.42 Å². The summed E-state index contributed by atoms with van der Waals surface area (Å²) < 4.78 is 21.9. The van der Waals surface area contributed by atoms with Crippen molar-refractivity contribution in [3.8, 4) is 0 Å². The third kappa shape index (κ3) is 4.79. The molecule has 0 heterocycles. The Labute approximate surface area is 63.6 Å².